The van der Waals surface area contributed by atoms with Gasteiger partial charge in [0.15, 0.2) is 17.5 Å². The summed E-state index contributed by atoms with van der Waals surface area (Å²) in [6, 6.07) is 48.1. The van der Waals surface area contributed by atoms with E-state index in [4.69, 9.17) is 21.8 Å². The highest BCUT2D eigenvalue weighted by Gasteiger charge is 2.18. The number of nitrogens with zero attached hydrogens (tertiary/aromatic N) is 4. The van der Waals surface area contributed by atoms with E-state index in [2.05, 4.69) is 41.0 Å². The van der Waals surface area contributed by atoms with Crippen molar-refractivity contribution in [2.24, 2.45) is 0 Å². The van der Waals surface area contributed by atoms with Crippen LogP contribution in [0.3, 0.4) is 0 Å². The third kappa shape index (κ3) is 5.26. The fourth-order valence-corrected chi connectivity index (χ4v) is 6.43. The van der Waals surface area contributed by atoms with Gasteiger partial charge < -0.3 is 4.57 Å². The van der Waals surface area contributed by atoms with Gasteiger partial charge in [-0.25, -0.2) is 15.0 Å². The van der Waals surface area contributed by atoms with Crippen molar-refractivity contribution in [2.75, 3.05) is 0 Å². The molecular formula is C45H30N4. The molecule has 49 heavy (non-hydrogen) atoms. The topological polar surface area (TPSA) is 43.6 Å². The van der Waals surface area contributed by atoms with E-state index in [9.17, 15) is 0 Å². The summed E-state index contributed by atoms with van der Waals surface area (Å²) in [6.45, 7) is 0. The molecule has 0 saturated carbocycles. The van der Waals surface area contributed by atoms with Gasteiger partial charge in [-0.2, -0.15) is 0 Å². The van der Waals surface area contributed by atoms with E-state index in [1.165, 1.54) is 0 Å². The second-order valence-corrected chi connectivity index (χ2v) is 11.7. The molecule has 0 radical (unpaired) electrons. The largest absolute Gasteiger partial charge is 0.309 e. The lowest BCUT2D eigenvalue weighted by atomic mass is 10.0. The van der Waals surface area contributed by atoms with Crippen LogP contribution in [0.25, 0.3) is 83.9 Å². The monoisotopic (exact) mass is 631 g/mol. The summed E-state index contributed by atoms with van der Waals surface area (Å²) in [7, 11) is 0. The van der Waals surface area contributed by atoms with Gasteiger partial charge in [0.05, 0.1) is 23.6 Å². The first kappa shape index (κ1) is 23.6. The Kier molecular flexibility index (Phi) is 5.87. The molecule has 2 heterocycles. The van der Waals surface area contributed by atoms with Crippen LogP contribution in [0, 0.1) is 0 Å². The van der Waals surface area contributed by atoms with E-state index in [0.29, 0.717) is 34.3 Å². The van der Waals surface area contributed by atoms with Crippen molar-refractivity contribution in [1.29, 1.82) is 0 Å². The van der Waals surface area contributed by atoms with Crippen molar-refractivity contribution >= 4 is 21.8 Å². The summed E-state index contributed by atoms with van der Waals surface area (Å²) < 4.78 is 45.2. The Bertz CT molecular complexity index is 2790. The number of benzene rings is 7. The zero-order chi connectivity index (χ0) is 36.9. The molecule has 9 aromatic rings. The average Bonchev–Trinajstić information content (AvgIpc) is 3.57. The van der Waals surface area contributed by atoms with Crippen LogP contribution in [0.1, 0.15) is 6.85 Å². The van der Waals surface area contributed by atoms with Gasteiger partial charge >= 0.3 is 0 Å². The number of rotatable bonds is 6. The molecule has 0 aliphatic carbocycles. The minimum atomic E-state index is -0.438. The number of hydrogen-bond acceptors (Lipinski definition) is 3. The van der Waals surface area contributed by atoms with Crippen molar-refractivity contribution < 1.29 is 6.85 Å². The van der Waals surface area contributed by atoms with Crippen LogP contribution in [0.4, 0.5) is 0 Å². The number of aromatic nitrogens is 4. The first-order valence-electron chi connectivity index (χ1n) is 18.5. The van der Waals surface area contributed by atoms with Crippen LogP contribution < -0.4 is 0 Å². The molecule has 0 bridgehead atoms. The van der Waals surface area contributed by atoms with Gasteiger partial charge in [-0.1, -0.05) is 164 Å². The molecule has 7 aromatic carbocycles. The maximum Gasteiger partial charge on any atom is 0.164 e. The SMILES string of the molecule is [2H]c1c([2H])c([2H])c(-c2ccc(-c3nc(-c4ccccc4)nc(-c4ccc(-c5ccccc5)cc4)n3)cc2-n2c3ccccc3c3ccccc32)c([2H])c1[2H]. The van der Waals surface area contributed by atoms with Crippen LogP contribution in [-0.2, 0) is 0 Å². The molecule has 0 spiro atoms. The fraction of sp³-hybridized carbons (Fsp3) is 0. The standard InChI is InChI=1S/C45H30N4/c1-4-14-31(15-5-1)32-24-26-35(27-25-32)44-46-43(34-18-8-3-9-19-34)47-45(48-44)36-28-29-37(33-16-6-2-7-17-33)42(30-36)49-40-22-12-10-20-38(40)39-21-11-13-23-41(39)49/h1-30H/i2D,6D,7D,16D,17D. The first-order valence-corrected chi connectivity index (χ1v) is 16.0. The van der Waals surface area contributed by atoms with E-state index in [0.717, 1.165) is 44.1 Å². The van der Waals surface area contributed by atoms with Crippen LogP contribution in [-0.4, -0.2) is 19.5 Å². The van der Waals surface area contributed by atoms with Crippen LogP contribution in [0.2, 0.25) is 0 Å². The zero-order valence-electron chi connectivity index (χ0n) is 31.2. The quantitative estimate of drug-likeness (QED) is 0.183. The molecular weight excluding hydrogens is 597 g/mol. The van der Waals surface area contributed by atoms with Gasteiger partial charge in [-0.05, 0) is 34.9 Å². The van der Waals surface area contributed by atoms with Crippen molar-refractivity contribution in [2.45, 2.75) is 0 Å². The van der Waals surface area contributed by atoms with Crippen molar-refractivity contribution in [3.8, 4) is 62.1 Å². The normalized spacial score (nSPS) is 12.7. The Morgan fingerprint density at radius 3 is 1.45 bits per heavy atom. The number of hydrogen-bond donors (Lipinski definition) is 0. The number of para-hydroxylation sites is 2. The third-order valence-corrected chi connectivity index (χ3v) is 8.76. The minimum Gasteiger partial charge on any atom is -0.309 e. The molecule has 9 rings (SSSR count). The van der Waals surface area contributed by atoms with Gasteiger partial charge in [0.25, 0.3) is 0 Å². The molecule has 0 fully saturated rings. The Hall–Kier alpha value is -6.65. The van der Waals surface area contributed by atoms with E-state index < -0.39 is 18.1 Å². The molecule has 4 nitrogen and oxygen atoms in total. The highest BCUT2D eigenvalue weighted by molar-refractivity contribution is 6.09. The van der Waals surface area contributed by atoms with E-state index >= 15 is 0 Å². The minimum absolute atomic E-state index is 0.115. The molecule has 0 amide bonds. The van der Waals surface area contributed by atoms with Crippen molar-refractivity contribution in [3.05, 3.63) is 182 Å². The Morgan fingerprint density at radius 2 is 0.837 bits per heavy atom. The highest BCUT2D eigenvalue weighted by Crippen LogP contribution is 2.38. The van der Waals surface area contributed by atoms with Crippen LogP contribution in [0.15, 0.2) is 182 Å². The lowest BCUT2D eigenvalue weighted by molar-refractivity contribution is 1.07. The lowest BCUT2D eigenvalue weighted by Crippen LogP contribution is -2.02. The van der Waals surface area contributed by atoms with E-state index in [1.807, 2.05) is 115 Å². The molecule has 230 valence electrons. The predicted molar refractivity (Wildman–Crippen MR) is 201 cm³/mol. The summed E-state index contributed by atoms with van der Waals surface area (Å²) in [6.07, 6.45) is 0. The fourth-order valence-electron chi connectivity index (χ4n) is 6.43. The summed E-state index contributed by atoms with van der Waals surface area (Å²) in [5.41, 5.74) is 7.56. The summed E-state index contributed by atoms with van der Waals surface area (Å²) >= 11 is 0. The Morgan fingerprint density at radius 1 is 0.388 bits per heavy atom. The predicted octanol–water partition coefficient (Wildman–Crippen LogP) is 11.3. The van der Waals surface area contributed by atoms with Crippen LogP contribution in [0.5, 0.6) is 0 Å². The van der Waals surface area contributed by atoms with Gasteiger partial charge in [-0.3, -0.25) is 0 Å². The molecule has 2 aromatic heterocycles. The van der Waals surface area contributed by atoms with Crippen LogP contribution >= 0.6 is 0 Å². The van der Waals surface area contributed by atoms with Crippen molar-refractivity contribution in [3.63, 3.8) is 0 Å². The molecule has 0 unspecified atom stereocenters. The highest BCUT2D eigenvalue weighted by atomic mass is 15.0. The summed E-state index contributed by atoms with van der Waals surface area (Å²) in [4.78, 5) is 15.0. The number of fused-ring (bicyclic) bond motifs is 3. The lowest BCUT2D eigenvalue weighted by Gasteiger charge is -2.16. The Labute approximate surface area is 291 Å². The second kappa shape index (κ2) is 12.2. The molecule has 0 atom stereocenters. The molecule has 0 N–H and O–H groups in total. The molecule has 0 saturated heterocycles. The average molecular weight is 632 g/mol. The second-order valence-electron chi connectivity index (χ2n) is 11.7. The Balaban J connectivity index is 1.30. The zero-order valence-corrected chi connectivity index (χ0v) is 26.2. The third-order valence-electron chi connectivity index (χ3n) is 8.76. The smallest absolute Gasteiger partial charge is 0.164 e. The maximum absolute atomic E-state index is 8.94. The molecule has 0 aliphatic heterocycles. The van der Waals surface area contributed by atoms with Gasteiger partial charge in [0, 0.05) is 33.0 Å². The summed E-state index contributed by atoms with van der Waals surface area (Å²) in [5, 5.41) is 2.05. The first-order chi connectivity index (χ1) is 26.4. The van der Waals surface area contributed by atoms with Gasteiger partial charge in [0.1, 0.15) is 0 Å². The van der Waals surface area contributed by atoms with E-state index in [1.54, 1.807) is 0 Å². The maximum atomic E-state index is 8.94. The van der Waals surface area contributed by atoms with Gasteiger partial charge in [-0.15, -0.1) is 0 Å². The van der Waals surface area contributed by atoms with Crippen molar-refractivity contribution in [1.82, 2.24) is 19.5 Å². The molecule has 0 aliphatic rings. The molecule has 4 heteroatoms. The summed E-state index contributed by atoms with van der Waals surface area (Å²) in [5.74, 6) is 1.45. The van der Waals surface area contributed by atoms with Gasteiger partial charge in [0.2, 0.25) is 0 Å². The van der Waals surface area contributed by atoms with E-state index in [-0.39, 0.29) is 17.6 Å².